The number of hydrogen-bond acceptors (Lipinski definition) is 4. The van der Waals surface area contributed by atoms with Gasteiger partial charge in [-0.25, -0.2) is 4.98 Å². The summed E-state index contributed by atoms with van der Waals surface area (Å²) in [4.78, 5) is 12.8. The first-order valence-electron chi connectivity index (χ1n) is 6.59. The topological polar surface area (TPSA) is 55.6 Å². The Morgan fingerprint density at radius 1 is 1.21 bits per heavy atom. The van der Waals surface area contributed by atoms with Gasteiger partial charge in [-0.05, 0) is 23.4 Å². The van der Waals surface area contributed by atoms with Crippen LogP contribution in [0.2, 0.25) is 5.28 Å². The molecule has 0 atom stereocenters. The molecular formula is C13H20ClN5. The molecule has 6 heteroatoms. The van der Waals surface area contributed by atoms with E-state index in [2.05, 4.69) is 52.5 Å². The first-order chi connectivity index (χ1) is 8.97. The molecule has 104 valence electrons. The van der Waals surface area contributed by atoms with E-state index in [4.69, 9.17) is 11.6 Å². The molecule has 0 bridgehead atoms. The van der Waals surface area contributed by atoms with Gasteiger partial charge in [0, 0.05) is 13.1 Å². The van der Waals surface area contributed by atoms with Gasteiger partial charge in [-0.15, -0.1) is 0 Å². The van der Waals surface area contributed by atoms with E-state index in [1.54, 1.807) is 6.33 Å². The van der Waals surface area contributed by atoms with Crippen LogP contribution in [-0.2, 0) is 6.54 Å². The summed E-state index contributed by atoms with van der Waals surface area (Å²) >= 11 is 5.94. The lowest BCUT2D eigenvalue weighted by atomic mass is 10.2. The van der Waals surface area contributed by atoms with Crippen molar-refractivity contribution < 1.29 is 0 Å². The van der Waals surface area contributed by atoms with Gasteiger partial charge in [-0.3, -0.25) is 0 Å². The molecule has 2 aromatic heterocycles. The summed E-state index contributed by atoms with van der Waals surface area (Å²) in [6, 6.07) is 0. The fraction of sp³-hybridized carbons (Fsp3) is 0.615. The van der Waals surface area contributed by atoms with Crippen molar-refractivity contribution in [3.05, 3.63) is 11.6 Å². The Labute approximate surface area is 118 Å². The van der Waals surface area contributed by atoms with E-state index in [1.165, 1.54) is 0 Å². The second-order valence-corrected chi connectivity index (χ2v) is 5.92. The largest absolute Gasteiger partial charge is 0.368 e. The summed E-state index contributed by atoms with van der Waals surface area (Å²) in [5.41, 5.74) is 1.57. The number of imidazole rings is 1. The van der Waals surface area contributed by atoms with E-state index in [0.29, 0.717) is 17.5 Å². The van der Waals surface area contributed by atoms with Crippen LogP contribution in [0.15, 0.2) is 6.33 Å². The van der Waals surface area contributed by atoms with Crippen LogP contribution in [0, 0.1) is 11.8 Å². The van der Waals surface area contributed by atoms with Crippen molar-refractivity contribution in [3.8, 4) is 0 Å². The third-order valence-electron chi connectivity index (χ3n) is 2.68. The summed E-state index contributed by atoms with van der Waals surface area (Å²) in [5.74, 6) is 1.83. The van der Waals surface area contributed by atoms with Crippen LogP contribution in [-0.4, -0.2) is 26.1 Å². The van der Waals surface area contributed by atoms with Gasteiger partial charge in [0.2, 0.25) is 5.28 Å². The Morgan fingerprint density at radius 3 is 2.58 bits per heavy atom. The fourth-order valence-corrected chi connectivity index (χ4v) is 2.07. The highest BCUT2D eigenvalue weighted by molar-refractivity contribution is 6.28. The second kappa shape index (κ2) is 5.74. The van der Waals surface area contributed by atoms with Crippen molar-refractivity contribution in [1.29, 1.82) is 0 Å². The molecule has 0 unspecified atom stereocenters. The molecule has 5 nitrogen and oxygen atoms in total. The molecule has 0 aromatic carbocycles. The Kier molecular flexibility index (Phi) is 4.24. The summed E-state index contributed by atoms with van der Waals surface area (Å²) < 4.78 is 2.08. The molecule has 0 amide bonds. The fourth-order valence-electron chi connectivity index (χ4n) is 1.91. The Bertz CT molecular complexity index is 561. The third kappa shape index (κ3) is 3.35. The first kappa shape index (κ1) is 14.1. The van der Waals surface area contributed by atoms with E-state index in [9.17, 15) is 0 Å². The average molecular weight is 282 g/mol. The predicted octanol–water partition coefficient (Wildman–Crippen LogP) is 3.20. The Balaban J connectivity index is 2.43. The summed E-state index contributed by atoms with van der Waals surface area (Å²) in [7, 11) is 0. The van der Waals surface area contributed by atoms with Crippen LogP contribution in [0.25, 0.3) is 11.2 Å². The van der Waals surface area contributed by atoms with Crippen LogP contribution in [0.1, 0.15) is 27.7 Å². The zero-order valence-corrected chi connectivity index (χ0v) is 12.6. The molecule has 0 aliphatic carbocycles. The van der Waals surface area contributed by atoms with Gasteiger partial charge in [0.05, 0.1) is 6.33 Å². The number of halogens is 1. The quantitative estimate of drug-likeness (QED) is 0.855. The van der Waals surface area contributed by atoms with Crippen LogP contribution in [0.3, 0.4) is 0 Å². The smallest absolute Gasteiger partial charge is 0.226 e. The van der Waals surface area contributed by atoms with E-state index < -0.39 is 0 Å². The molecule has 1 N–H and O–H groups in total. The van der Waals surface area contributed by atoms with Gasteiger partial charge < -0.3 is 9.88 Å². The van der Waals surface area contributed by atoms with Crippen molar-refractivity contribution >= 4 is 28.6 Å². The zero-order chi connectivity index (χ0) is 14.0. The van der Waals surface area contributed by atoms with Crippen LogP contribution in [0.4, 0.5) is 5.82 Å². The summed E-state index contributed by atoms with van der Waals surface area (Å²) in [6.07, 6.45) is 1.80. The van der Waals surface area contributed by atoms with Crippen molar-refractivity contribution in [2.75, 3.05) is 11.9 Å². The Hall–Kier alpha value is -1.36. The van der Waals surface area contributed by atoms with Crippen LogP contribution >= 0.6 is 11.6 Å². The maximum absolute atomic E-state index is 5.94. The number of fused-ring (bicyclic) bond motifs is 1. The van der Waals surface area contributed by atoms with E-state index in [0.717, 1.165) is 24.4 Å². The molecule has 2 aromatic rings. The van der Waals surface area contributed by atoms with E-state index in [1.807, 2.05) is 0 Å². The summed E-state index contributed by atoms with van der Waals surface area (Å²) in [6.45, 7) is 10.4. The third-order valence-corrected chi connectivity index (χ3v) is 2.85. The zero-order valence-electron chi connectivity index (χ0n) is 11.8. The monoisotopic (exact) mass is 281 g/mol. The normalized spacial score (nSPS) is 11.7. The lowest BCUT2D eigenvalue weighted by molar-refractivity contribution is 0.532. The number of nitrogens with zero attached hydrogens (tertiary/aromatic N) is 4. The van der Waals surface area contributed by atoms with Gasteiger partial charge >= 0.3 is 0 Å². The van der Waals surface area contributed by atoms with E-state index >= 15 is 0 Å². The first-order valence-corrected chi connectivity index (χ1v) is 6.97. The molecule has 0 saturated heterocycles. The molecule has 2 heterocycles. The number of anilines is 1. The maximum Gasteiger partial charge on any atom is 0.226 e. The highest BCUT2D eigenvalue weighted by atomic mass is 35.5. The maximum atomic E-state index is 5.94. The Morgan fingerprint density at radius 2 is 1.95 bits per heavy atom. The lowest BCUT2D eigenvalue weighted by Gasteiger charge is -2.12. The average Bonchev–Trinajstić information content (AvgIpc) is 2.68. The van der Waals surface area contributed by atoms with Gasteiger partial charge in [0.1, 0.15) is 5.52 Å². The molecule has 2 rings (SSSR count). The molecule has 0 fully saturated rings. The number of aromatic nitrogens is 4. The second-order valence-electron chi connectivity index (χ2n) is 5.58. The minimum atomic E-state index is 0.230. The molecule has 0 aliphatic heterocycles. The van der Waals surface area contributed by atoms with Gasteiger partial charge in [0.15, 0.2) is 11.5 Å². The minimum Gasteiger partial charge on any atom is -0.368 e. The molecule has 0 spiro atoms. The standard InChI is InChI=1S/C13H20ClN5/c1-8(2)5-15-11-10-12(18-13(14)17-11)16-7-19(10)6-9(3)4/h7-9H,5-6H2,1-4H3,(H,15,17,18). The van der Waals surface area contributed by atoms with Crippen LogP contribution in [0.5, 0.6) is 0 Å². The van der Waals surface area contributed by atoms with Crippen molar-refractivity contribution in [3.63, 3.8) is 0 Å². The van der Waals surface area contributed by atoms with Crippen molar-refractivity contribution in [2.45, 2.75) is 34.2 Å². The lowest BCUT2D eigenvalue weighted by Crippen LogP contribution is -2.12. The summed E-state index contributed by atoms with van der Waals surface area (Å²) in [5, 5.41) is 3.56. The van der Waals surface area contributed by atoms with E-state index in [-0.39, 0.29) is 5.28 Å². The highest BCUT2D eigenvalue weighted by Gasteiger charge is 2.13. The predicted molar refractivity (Wildman–Crippen MR) is 78.5 cm³/mol. The molecular weight excluding hydrogens is 262 g/mol. The SMILES string of the molecule is CC(C)CNc1nc(Cl)nc2ncn(CC(C)C)c12. The van der Waals surface area contributed by atoms with Gasteiger partial charge in [-0.1, -0.05) is 27.7 Å². The van der Waals surface area contributed by atoms with Gasteiger partial charge in [0.25, 0.3) is 0 Å². The number of rotatable bonds is 5. The molecule has 19 heavy (non-hydrogen) atoms. The van der Waals surface area contributed by atoms with Crippen molar-refractivity contribution in [2.24, 2.45) is 11.8 Å². The molecule has 0 saturated carbocycles. The molecule has 0 radical (unpaired) electrons. The highest BCUT2D eigenvalue weighted by Crippen LogP contribution is 2.22. The number of hydrogen-bond donors (Lipinski definition) is 1. The minimum absolute atomic E-state index is 0.230. The van der Waals surface area contributed by atoms with Crippen LogP contribution < -0.4 is 5.32 Å². The van der Waals surface area contributed by atoms with Crippen molar-refractivity contribution in [1.82, 2.24) is 19.5 Å². The molecule has 0 aliphatic rings. The van der Waals surface area contributed by atoms with Gasteiger partial charge in [-0.2, -0.15) is 9.97 Å². The number of nitrogens with one attached hydrogen (secondary N) is 1.